The van der Waals surface area contributed by atoms with Crippen molar-refractivity contribution in [1.82, 2.24) is 0 Å². The Kier molecular flexibility index (Phi) is 23.1. The molecule has 2 N–H and O–H groups in total. The quantitative estimate of drug-likeness (QED) is 0.0334. The first-order valence-electron chi connectivity index (χ1n) is 28.8. The summed E-state index contributed by atoms with van der Waals surface area (Å²) in [6, 6.07) is 58.1. The zero-order chi connectivity index (χ0) is 58.7. The van der Waals surface area contributed by atoms with Crippen LogP contribution in [0.25, 0.3) is 0 Å². The molecule has 0 amide bonds. The second-order valence-corrected chi connectivity index (χ2v) is 21.5. The van der Waals surface area contributed by atoms with E-state index in [2.05, 4.69) is 6.58 Å². The van der Waals surface area contributed by atoms with E-state index < -0.39 is 97.6 Å². The molecule has 16 nitrogen and oxygen atoms in total. The molecule has 15 atom stereocenters. The predicted octanol–water partition coefficient (Wildman–Crippen LogP) is 9.70. The number of ether oxygens (including phenoxy) is 12. The van der Waals surface area contributed by atoms with E-state index in [1.807, 2.05) is 182 Å². The molecule has 0 radical (unpaired) electrons. The van der Waals surface area contributed by atoms with Crippen LogP contribution < -0.4 is 0 Å². The van der Waals surface area contributed by atoms with Crippen molar-refractivity contribution < 1.29 is 76.6 Å². The number of rotatable bonds is 29. The zero-order valence-corrected chi connectivity index (χ0v) is 47.9. The fourth-order valence-electron chi connectivity index (χ4n) is 10.8. The Morgan fingerprint density at radius 2 is 0.929 bits per heavy atom. The van der Waals surface area contributed by atoms with Crippen LogP contribution in [0.5, 0.6) is 0 Å². The van der Waals surface area contributed by atoms with Gasteiger partial charge in [0.2, 0.25) is 5.79 Å². The van der Waals surface area contributed by atoms with Gasteiger partial charge < -0.3 is 71.8 Å². The molecular weight excluding hydrogens is 1070 g/mol. The maximum atomic E-state index is 13.9. The number of Topliss-reactive ketones (excluding diaryl/α,β-unsaturated/α-hetero) is 1. The smallest absolute Gasteiger partial charge is 0.306 e. The van der Waals surface area contributed by atoms with E-state index in [1.165, 1.54) is 6.92 Å². The van der Waals surface area contributed by atoms with Gasteiger partial charge >= 0.3 is 5.97 Å². The normalized spacial score (nSPS) is 28.7. The van der Waals surface area contributed by atoms with E-state index in [1.54, 1.807) is 19.9 Å². The summed E-state index contributed by atoms with van der Waals surface area (Å²) in [4.78, 5) is 26.1. The second kappa shape index (κ2) is 31.2. The zero-order valence-electron chi connectivity index (χ0n) is 47.9. The fourth-order valence-corrected chi connectivity index (χ4v) is 10.8. The van der Waals surface area contributed by atoms with E-state index in [4.69, 9.17) is 56.8 Å². The summed E-state index contributed by atoms with van der Waals surface area (Å²) in [6.07, 6.45) is -15.9. The van der Waals surface area contributed by atoms with Crippen LogP contribution in [0.3, 0.4) is 0 Å². The molecule has 6 aromatic rings. The molecule has 446 valence electrons. The average Bonchev–Trinajstić information content (AvgIpc) is 1.23. The first-order valence-corrected chi connectivity index (χ1v) is 28.8. The van der Waals surface area contributed by atoms with Crippen molar-refractivity contribution >= 4 is 11.8 Å². The number of hydrogen-bond donors (Lipinski definition) is 2. The van der Waals surface area contributed by atoms with Gasteiger partial charge in [0.25, 0.3) is 0 Å². The molecule has 6 aromatic carbocycles. The van der Waals surface area contributed by atoms with Gasteiger partial charge in [-0.05, 0) is 54.2 Å². The van der Waals surface area contributed by atoms with E-state index in [0.29, 0.717) is 0 Å². The van der Waals surface area contributed by atoms with Crippen molar-refractivity contribution in [1.29, 1.82) is 0 Å². The molecule has 0 bridgehead atoms. The third-order valence-corrected chi connectivity index (χ3v) is 15.1. The number of benzene rings is 6. The molecule has 3 fully saturated rings. The topological polar surface area (TPSA) is 185 Å². The SMILES string of the molecule is C=CC[C@@]1(O[C@@H]2[C@@H](O[C@H]3O[C@H](COCc4ccccc4)[C@@H](OCc4ccccc4)[C@H](OCc4ccccc4)[C@H]3OCc3ccccc3)[C@H](C)O[C@@H](O)[C@@H]2OC(=O)CCC(C)=O)O[C@@H](C)[C@H](OCc2ccccc2)[C@@H](OCc2ccccc2)[C@H]1O. The minimum atomic E-state index is -2.04. The Hall–Kier alpha value is -6.32. The highest BCUT2D eigenvalue weighted by Gasteiger charge is 2.60. The lowest BCUT2D eigenvalue weighted by molar-refractivity contribution is -0.416. The maximum absolute atomic E-state index is 13.9. The minimum absolute atomic E-state index is 0.00874. The van der Waals surface area contributed by atoms with Crippen LogP contribution in [0.2, 0.25) is 0 Å². The molecule has 16 heteroatoms. The van der Waals surface area contributed by atoms with Crippen LogP contribution in [0.15, 0.2) is 195 Å². The van der Waals surface area contributed by atoms with E-state index in [0.717, 1.165) is 33.4 Å². The summed E-state index contributed by atoms with van der Waals surface area (Å²) < 4.78 is 81.7. The molecule has 0 aromatic heterocycles. The van der Waals surface area contributed by atoms with Gasteiger partial charge in [-0.2, -0.15) is 0 Å². The first-order chi connectivity index (χ1) is 41.0. The third-order valence-electron chi connectivity index (χ3n) is 15.1. The van der Waals surface area contributed by atoms with Gasteiger partial charge in [-0.1, -0.05) is 188 Å². The van der Waals surface area contributed by atoms with Crippen LogP contribution in [0.1, 0.15) is 73.4 Å². The van der Waals surface area contributed by atoms with Crippen molar-refractivity contribution in [3.05, 3.63) is 228 Å². The number of carbonyl (C=O) groups is 2. The first kappa shape index (κ1) is 62.2. The number of carbonyl (C=O) groups excluding carboxylic acids is 2. The summed E-state index contributed by atoms with van der Waals surface area (Å²) in [7, 11) is 0. The Morgan fingerprint density at radius 3 is 1.39 bits per heavy atom. The molecule has 84 heavy (non-hydrogen) atoms. The highest BCUT2D eigenvalue weighted by Crippen LogP contribution is 2.43. The average molecular weight is 1150 g/mol. The molecule has 0 saturated carbocycles. The standard InChI is InChI=1S/C68H78O16/c1-5-38-68(65(71)62(77-43-53-32-20-10-21-33-53)57(48(4)83-68)74-40-50-26-14-7-15-27-50)84-61-58(47(3)79-66(72)63(61)81-56(70)37-36-46(2)69)82-67-64(78-44-54-34-22-11-23-35-54)60(76-42-52-30-18-9-19-31-52)59(75-41-51-28-16-8-17-29-51)55(80-67)45-73-39-49-24-12-6-13-25-49/h5-35,47-48,55,57-67,71-72H,1,36-45H2,2-4H3/t47-,48-,55+,57-,58-,59+,60-,61+,62+,63+,64+,65+,66+,67+,68-/m0/s1. The minimum Gasteiger partial charge on any atom is -0.454 e. The van der Waals surface area contributed by atoms with Gasteiger partial charge in [-0.3, -0.25) is 4.79 Å². The molecule has 3 saturated heterocycles. The van der Waals surface area contributed by atoms with E-state index in [-0.39, 0.29) is 71.3 Å². The number of hydrogen-bond acceptors (Lipinski definition) is 16. The van der Waals surface area contributed by atoms with Crippen LogP contribution in [0, 0.1) is 0 Å². The van der Waals surface area contributed by atoms with Gasteiger partial charge in [-0.25, -0.2) is 0 Å². The molecule has 9 rings (SSSR count). The Labute approximate surface area is 492 Å². The highest BCUT2D eigenvalue weighted by molar-refractivity contribution is 5.81. The van der Waals surface area contributed by atoms with Crippen molar-refractivity contribution in [2.75, 3.05) is 6.61 Å². The summed E-state index contributed by atoms with van der Waals surface area (Å²) in [6.45, 7) is 9.85. The van der Waals surface area contributed by atoms with Gasteiger partial charge in [0.05, 0.1) is 64.9 Å². The molecule has 0 spiro atoms. The maximum Gasteiger partial charge on any atom is 0.306 e. The van der Waals surface area contributed by atoms with Crippen LogP contribution >= 0.6 is 0 Å². The Bertz CT molecular complexity index is 2890. The summed E-state index contributed by atoms with van der Waals surface area (Å²) in [5.41, 5.74) is 5.32. The summed E-state index contributed by atoms with van der Waals surface area (Å²) in [5.74, 6) is -3.10. The van der Waals surface area contributed by atoms with Crippen molar-refractivity contribution in [2.45, 2.75) is 171 Å². The van der Waals surface area contributed by atoms with Gasteiger partial charge in [-0.15, -0.1) is 6.58 Å². The third kappa shape index (κ3) is 17.0. The molecule has 3 aliphatic rings. The number of esters is 1. The van der Waals surface area contributed by atoms with Crippen molar-refractivity contribution in [2.24, 2.45) is 0 Å². The lowest BCUT2D eigenvalue weighted by Crippen LogP contribution is -2.70. The Morgan fingerprint density at radius 1 is 0.500 bits per heavy atom. The highest BCUT2D eigenvalue weighted by atomic mass is 16.8. The van der Waals surface area contributed by atoms with Gasteiger partial charge in [0.15, 0.2) is 18.7 Å². The van der Waals surface area contributed by atoms with Crippen molar-refractivity contribution in [3.63, 3.8) is 0 Å². The fraction of sp³-hybridized carbons (Fsp3) is 0.412. The number of aliphatic hydroxyl groups is 2. The van der Waals surface area contributed by atoms with E-state index in [9.17, 15) is 19.8 Å². The number of ketones is 1. The lowest BCUT2D eigenvalue weighted by atomic mass is 9.89. The van der Waals surface area contributed by atoms with Crippen molar-refractivity contribution in [3.8, 4) is 0 Å². The van der Waals surface area contributed by atoms with Crippen LogP contribution in [0.4, 0.5) is 0 Å². The molecule has 0 aliphatic carbocycles. The second-order valence-electron chi connectivity index (χ2n) is 21.5. The molecule has 3 aliphatic heterocycles. The molecule has 0 unspecified atom stereocenters. The summed E-state index contributed by atoms with van der Waals surface area (Å²) in [5, 5.41) is 25.1. The van der Waals surface area contributed by atoms with Gasteiger partial charge in [0.1, 0.15) is 60.7 Å². The van der Waals surface area contributed by atoms with Gasteiger partial charge in [0, 0.05) is 12.8 Å². The monoisotopic (exact) mass is 1150 g/mol. The summed E-state index contributed by atoms with van der Waals surface area (Å²) >= 11 is 0. The van der Waals surface area contributed by atoms with Crippen LogP contribution in [-0.4, -0.2) is 120 Å². The Balaban J connectivity index is 1.12. The number of aliphatic hydroxyl groups excluding tert-OH is 2. The lowest BCUT2D eigenvalue weighted by Gasteiger charge is -2.54. The molecular formula is C68H78O16. The van der Waals surface area contributed by atoms with E-state index >= 15 is 0 Å². The predicted molar refractivity (Wildman–Crippen MR) is 310 cm³/mol. The van der Waals surface area contributed by atoms with Crippen LogP contribution in [-0.2, 0) is 106 Å². The molecule has 3 heterocycles. The largest absolute Gasteiger partial charge is 0.454 e.